The Balaban J connectivity index is 2.23. The predicted octanol–water partition coefficient (Wildman–Crippen LogP) is 1.98. The van der Waals surface area contributed by atoms with Gasteiger partial charge in [-0.3, -0.25) is 9.78 Å². The summed E-state index contributed by atoms with van der Waals surface area (Å²) in [6.07, 6.45) is 3.77. The summed E-state index contributed by atoms with van der Waals surface area (Å²) in [6.45, 7) is 6.70. The second-order valence-electron chi connectivity index (χ2n) is 5.92. The molecular formula is C14H20N6O. The molecule has 0 aliphatic heterocycles. The molecule has 2 rings (SSSR count). The Morgan fingerprint density at radius 2 is 2.19 bits per heavy atom. The Morgan fingerprint density at radius 3 is 2.86 bits per heavy atom. The molecule has 0 bridgehead atoms. The highest BCUT2D eigenvalue weighted by Crippen LogP contribution is 2.18. The number of unbranched alkanes of at least 4 members (excludes halogenated alkanes) is 2. The molecule has 7 heteroatoms. The van der Waals surface area contributed by atoms with Crippen molar-refractivity contribution in [2.24, 2.45) is 0 Å². The van der Waals surface area contributed by atoms with Gasteiger partial charge in [0, 0.05) is 13.0 Å². The molecule has 0 amide bonds. The third-order valence-corrected chi connectivity index (χ3v) is 3.08. The molecular weight excluding hydrogens is 268 g/mol. The minimum atomic E-state index is -0.243. The van der Waals surface area contributed by atoms with Gasteiger partial charge in [0.2, 0.25) is 5.95 Å². The zero-order valence-corrected chi connectivity index (χ0v) is 12.6. The van der Waals surface area contributed by atoms with Gasteiger partial charge in [-0.15, -0.1) is 0 Å². The number of H-pyrrole nitrogens is 1. The summed E-state index contributed by atoms with van der Waals surface area (Å²) in [7, 11) is 0. The number of nitrogens with zero attached hydrogens (tertiary/aromatic N) is 4. The Kier molecular flexibility index (Phi) is 4.26. The molecule has 0 spiro atoms. The molecule has 112 valence electrons. The van der Waals surface area contributed by atoms with Crippen LogP contribution in [0.1, 0.15) is 40.0 Å². The smallest absolute Gasteiger partial charge is 0.263 e. The molecule has 2 aromatic heterocycles. The van der Waals surface area contributed by atoms with Crippen LogP contribution in [0.25, 0.3) is 11.0 Å². The van der Waals surface area contributed by atoms with Crippen LogP contribution in [-0.2, 0) is 5.54 Å². The van der Waals surface area contributed by atoms with E-state index < -0.39 is 0 Å². The van der Waals surface area contributed by atoms with Crippen LogP contribution in [0.3, 0.4) is 0 Å². The van der Waals surface area contributed by atoms with E-state index in [1.165, 1.54) is 0 Å². The topological polar surface area (TPSA) is 99.4 Å². The molecule has 0 radical (unpaired) electrons. The van der Waals surface area contributed by atoms with E-state index in [0.29, 0.717) is 29.9 Å². The van der Waals surface area contributed by atoms with Crippen molar-refractivity contribution < 1.29 is 0 Å². The highest BCUT2D eigenvalue weighted by molar-refractivity contribution is 5.74. The first-order valence-electron chi connectivity index (χ1n) is 7.03. The SMILES string of the molecule is CC(C)(C)n1ncc2c(=O)[nH]c(NCCCCC#N)nc21. The van der Waals surface area contributed by atoms with Crippen LogP contribution in [-0.4, -0.2) is 26.3 Å². The second-order valence-corrected chi connectivity index (χ2v) is 5.92. The van der Waals surface area contributed by atoms with Gasteiger partial charge in [-0.1, -0.05) is 0 Å². The minimum absolute atomic E-state index is 0.199. The molecule has 0 saturated carbocycles. The first-order chi connectivity index (χ1) is 9.93. The summed E-state index contributed by atoms with van der Waals surface area (Å²) < 4.78 is 1.75. The van der Waals surface area contributed by atoms with E-state index >= 15 is 0 Å². The van der Waals surface area contributed by atoms with Crippen LogP contribution in [0.4, 0.5) is 5.95 Å². The fourth-order valence-electron chi connectivity index (χ4n) is 2.03. The summed E-state index contributed by atoms with van der Waals surface area (Å²) in [4.78, 5) is 19.2. The van der Waals surface area contributed by atoms with Gasteiger partial charge in [0.15, 0.2) is 5.65 Å². The van der Waals surface area contributed by atoms with Crippen molar-refractivity contribution in [3.63, 3.8) is 0 Å². The highest BCUT2D eigenvalue weighted by atomic mass is 16.1. The second kappa shape index (κ2) is 5.95. The van der Waals surface area contributed by atoms with Crippen molar-refractivity contribution in [3.8, 4) is 6.07 Å². The zero-order chi connectivity index (χ0) is 15.5. The van der Waals surface area contributed by atoms with Crippen molar-refractivity contribution >= 4 is 17.0 Å². The Bertz CT molecular complexity index is 716. The van der Waals surface area contributed by atoms with E-state index in [9.17, 15) is 4.79 Å². The molecule has 21 heavy (non-hydrogen) atoms. The Morgan fingerprint density at radius 1 is 1.43 bits per heavy atom. The lowest BCUT2D eigenvalue weighted by atomic mass is 10.1. The first kappa shape index (κ1) is 15.0. The van der Waals surface area contributed by atoms with Gasteiger partial charge in [-0.25, -0.2) is 4.68 Å². The van der Waals surface area contributed by atoms with Crippen LogP contribution in [0.2, 0.25) is 0 Å². The molecule has 0 aliphatic carbocycles. The van der Waals surface area contributed by atoms with Gasteiger partial charge in [0.05, 0.1) is 17.8 Å². The highest BCUT2D eigenvalue weighted by Gasteiger charge is 2.19. The molecule has 0 unspecified atom stereocenters. The molecule has 0 aliphatic rings. The number of nitriles is 1. The summed E-state index contributed by atoms with van der Waals surface area (Å²) in [6, 6.07) is 2.11. The van der Waals surface area contributed by atoms with Crippen LogP contribution >= 0.6 is 0 Å². The monoisotopic (exact) mass is 288 g/mol. The maximum Gasteiger partial charge on any atom is 0.263 e. The summed E-state index contributed by atoms with van der Waals surface area (Å²) in [5.74, 6) is 0.440. The lowest BCUT2D eigenvalue weighted by Gasteiger charge is -2.19. The normalized spacial score (nSPS) is 11.5. The van der Waals surface area contributed by atoms with E-state index in [0.717, 1.165) is 12.8 Å². The van der Waals surface area contributed by atoms with Crippen molar-refractivity contribution in [3.05, 3.63) is 16.6 Å². The number of aromatic nitrogens is 4. The van der Waals surface area contributed by atoms with Gasteiger partial charge in [0.1, 0.15) is 5.39 Å². The molecule has 2 N–H and O–H groups in total. The summed E-state index contributed by atoms with van der Waals surface area (Å²) in [5, 5.41) is 16.3. The average Bonchev–Trinajstić information content (AvgIpc) is 2.82. The summed E-state index contributed by atoms with van der Waals surface area (Å²) in [5.41, 5.74) is 0.132. The van der Waals surface area contributed by atoms with Crippen molar-refractivity contribution in [1.29, 1.82) is 5.26 Å². The largest absolute Gasteiger partial charge is 0.356 e. The van der Waals surface area contributed by atoms with Gasteiger partial charge in [0.25, 0.3) is 5.56 Å². The number of rotatable bonds is 5. The maximum atomic E-state index is 12.0. The van der Waals surface area contributed by atoms with E-state index in [4.69, 9.17) is 5.26 Å². The minimum Gasteiger partial charge on any atom is -0.356 e. The van der Waals surface area contributed by atoms with E-state index in [2.05, 4.69) is 26.5 Å². The van der Waals surface area contributed by atoms with E-state index in [1.54, 1.807) is 10.9 Å². The molecule has 0 saturated heterocycles. The quantitative estimate of drug-likeness (QED) is 0.819. The van der Waals surface area contributed by atoms with Crippen LogP contribution in [0.5, 0.6) is 0 Å². The Hall–Kier alpha value is -2.36. The van der Waals surface area contributed by atoms with Crippen LogP contribution < -0.4 is 10.9 Å². The van der Waals surface area contributed by atoms with Gasteiger partial charge in [-0.05, 0) is 33.6 Å². The number of hydrogen-bond donors (Lipinski definition) is 2. The number of fused-ring (bicyclic) bond motifs is 1. The van der Waals surface area contributed by atoms with Crippen molar-refractivity contribution in [1.82, 2.24) is 19.7 Å². The van der Waals surface area contributed by atoms with Gasteiger partial charge in [-0.2, -0.15) is 15.3 Å². The molecule has 2 heterocycles. The molecule has 0 atom stereocenters. The fraction of sp³-hybridized carbons (Fsp3) is 0.571. The lowest BCUT2D eigenvalue weighted by molar-refractivity contribution is 0.366. The molecule has 2 aromatic rings. The lowest BCUT2D eigenvalue weighted by Crippen LogP contribution is -2.24. The van der Waals surface area contributed by atoms with Crippen LogP contribution in [0.15, 0.2) is 11.0 Å². The molecule has 0 aromatic carbocycles. The number of anilines is 1. The maximum absolute atomic E-state index is 12.0. The standard InChI is InChI=1S/C14H20N6O/c1-14(2,3)20-11-10(9-17-20)12(21)19-13(18-11)16-8-6-4-5-7-15/h9H,4-6,8H2,1-3H3,(H2,16,18,19,21). The van der Waals surface area contributed by atoms with Gasteiger partial charge >= 0.3 is 0 Å². The number of nitrogens with one attached hydrogen (secondary N) is 2. The third kappa shape index (κ3) is 3.40. The Labute approximate surface area is 123 Å². The first-order valence-corrected chi connectivity index (χ1v) is 7.03. The fourth-order valence-corrected chi connectivity index (χ4v) is 2.03. The van der Waals surface area contributed by atoms with E-state index in [-0.39, 0.29) is 11.1 Å². The van der Waals surface area contributed by atoms with Crippen LogP contribution in [0, 0.1) is 11.3 Å². The molecule has 0 fully saturated rings. The average molecular weight is 288 g/mol. The zero-order valence-electron chi connectivity index (χ0n) is 12.6. The third-order valence-electron chi connectivity index (χ3n) is 3.08. The number of aromatic amines is 1. The van der Waals surface area contributed by atoms with Gasteiger partial charge < -0.3 is 5.32 Å². The summed E-state index contributed by atoms with van der Waals surface area (Å²) >= 11 is 0. The number of hydrogen-bond acceptors (Lipinski definition) is 5. The molecule has 7 nitrogen and oxygen atoms in total. The van der Waals surface area contributed by atoms with Crippen molar-refractivity contribution in [2.75, 3.05) is 11.9 Å². The predicted molar refractivity (Wildman–Crippen MR) is 81.1 cm³/mol. The van der Waals surface area contributed by atoms with Crippen molar-refractivity contribution in [2.45, 2.75) is 45.6 Å². The van der Waals surface area contributed by atoms with E-state index in [1.807, 2.05) is 20.8 Å².